The van der Waals surface area contributed by atoms with E-state index in [4.69, 9.17) is 4.74 Å². The summed E-state index contributed by atoms with van der Waals surface area (Å²) in [5, 5.41) is 17.5. The highest BCUT2D eigenvalue weighted by atomic mass is 16.5. The third kappa shape index (κ3) is 3.87. The van der Waals surface area contributed by atoms with Gasteiger partial charge in [-0.3, -0.25) is 4.68 Å². The summed E-state index contributed by atoms with van der Waals surface area (Å²) in [6.07, 6.45) is 3.92. The minimum atomic E-state index is -0.146. The maximum Gasteiger partial charge on any atom is 0.119 e. The normalized spacial score (nSPS) is 14.1. The average molecular weight is 303 g/mol. The van der Waals surface area contributed by atoms with Crippen molar-refractivity contribution in [1.82, 2.24) is 15.1 Å². The molecule has 0 aliphatic heterocycles. The van der Waals surface area contributed by atoms with Crippen molar-refractivity contribution in [1.29, 1.82) is 0 Å². The van der Waals surface area contributed by atoms with Gasteiger partial charge in [-0.2, -0.15) is 5.10 Å². The number of nitrogens with one attached hydrogen (secondary N) is 1. The van der Waals surface area contributed by atoms with Crippen molar-refractivity contribution in [3.8, 4) is 5.75 Å². The summed E-state index contributed by atoms with van der Waals surface area (Å²) in [5.41, 5.74) is 2.11. The molecular formula is C17H25N3O2. The van der Waals surface area contributed by atoms with Gasteiger partial charge in [0.15, 0.2) is 0 Å². The topological polar surface area (TPSA) is 59.3 Å². The highest BCUT2D eigenvalue weighted by Gasteiger charge is 2.16. The van der Waals surface area contributed by atoms with Gasteiger partial charge in [0, 0.05) is 23.8 Å². The Balaban J connectivity index is 2.11. The first-order chi connectivity index (χ1) is 10.5. The summed E-state index contributed by atoms with van der Waals surface area (Å²) in [4.78, 5) is 0. The van der Waals surface area contributed by atoms with Gasteiger partial charge in [0.05, 0.1) is 26.0 Å². The van der Waals surface area contributed by atoms with Crippen LogP contribution in [0.2, 0.25) is 0 Å². The van der Waals surface area contributed by atoms with E-state index in [0.29, 0.717) is 6.04 Å². The van der Waals surface area contributed by atoms with Crippen LogP contribution in [0.3, 0.4) is 0 Å². The Morgan fingerprint density at radius 3 is 2.64 bits per heavy atom. The quantitative estimate of drug-likeness (QED) is 0.826. The zero-order chi connectivity index (χ0) is 16.1. The monoisotopic (exact) mass is 303 g/mol. The van der Waals surface area contributed by atoms with Crippen LogP contribution in [-0.2, 0) is 0 Å². The number of benzene rings is 1. The molecule has 2 rings (SSSR count). The standard InChI is InChI=1S/C17H25N3O2/c1-12(2)20-10-15(9-18-20)13(3)19-17(11-21)14-6-5-7-16(8-14)22-4/h5-10,12-13,17,19,21H,11H2,1-4H3. The molecule has 0 bridgehead atoms. The third-order valence-electron chi connectivity index (χ3n) is 3.78. The summed E-state index contributed by atoms with van der Waals surface area (Å²) in [6.45, 7) is 6.30. The smallest absolute Gasteiger partial charge is 0.119 e. The van der Waals surface area contributed by atoms with Crippen LogP contribution in [0.4, 0.5) is 0 Å². The van der Waals surface area contributed by atoms with Crippen LogP contribution in [0.25, 0.3) is 0 Å². The third-order valence-corrected chi connectivity index (χ3v) is 3.78. The van der Waals surface area contributed by atoms with E-state index in [-0.39, 0.29) is 18.7 Å². The van der Waals surface area contributed by atoms with E-state index in [1.165, 1.54) is 0 Å². The Bertz CT molecular complexity index is 595. The SMILES string of the molecule is COc1cccc(C(CO)NC(C)c2cnn(C(C)C)c2)c1. The molecule has 0 saturated heterocycles. The fraction of sp³-hybridized carbons (Fsp3) is 0.471. The lowest BCUT2D eigenvalue weighted by Crippen LogP contribution is -2.27. The molecule has 0 spiro atoms. The number of hydrogen-bond donors (Lipinski definition) is 2. The lowest BCUT2D eigenvalue weighted by atomic mass is 10.0. The predicted octanol–water partition coefficient (Wildman–Crippen LogP) is 2.86. The molecule has 22 heavy (non-hydrogen) atoms. The van der Waals surface area contributed by atoms with Crippen LogP contribution in [0.15, 0.2) is 36.7 Å². The molecule has 2 aromatic rings. The minimum Gasteiger partial charge on any atom is -0.497 e. The molecule has 2 N–H and O–H groups in total. The van der Waals surface area contributed by atoms with Gasteiger partial charge in [0.1, 0.15) is 5.75 Å². The Morgan fingerprint density at radius 1 is 1.27 bits per heavy atom. The van der Waals surface area contributed by atoms with Crippen LogP contribution >= 0.6 is 0 Å². The van der Waals surface area contributed by atoms with Crippen molar-refractivity contribution >= 4 is 0 Å². The zero-order valence-electron chi connectivity index (χ0n) is 13.7. The molecule has 120 valence electrons. The van der Waals surface area contributed by atoms with Crippen LogP contribution in [0.5, 0.6) is 5.75 Å². The number of aromatic nitrogens is 2. The van der Waals surface area contributed by atoms with Crippen molar-refractivity contribution in [3.63, 3.8) is 0 Å². The molecule has 2 unspecified atom stereocenters. The molecule has 0 aliphatic rings. The Kier molecular flexibility index (Phi) is 5.57. The molecule has 2 atom stereocenters. The van der Waals surface area contributed by atoms with E-state index < -0.39 is 0 Å². The van der Waals surface area contributed by atoms with E-state index in [1.54, 1.807) is 7.11 Å². The first-order valence-electron chi connectivity index (χ1n) is 7.60. The van der Waals surface area contributed by atoms with Crippen molar-refractivity contribution in [2.75, 3.05) is 13.7 Å². The van der Waals surface area contributed by atoms with Crippen molar-refractivity contribution in [2.24, 2.45) is 0 Å². The van der Waals surface area contributed by atoms with Gasteiger partial charge in [0.2, 0.25) is 0 Å². The second-order valence-corrected chi connectivity index (χ2v) is 5.75. The van der Waals surface area contributed by atoms with E-state index in [9.17, 15) is 5.11 Å². The number of nitrogens with zero attached hydrogens (tertiary/aromatic N) is 2. The number of ether oxygens (including phenoxy) is 1. The fourth-order valence-electron chi connectivity index (χ4n) is 2.37. The van der Waals surface area contributed by atoms with Gasteiger partial charge < -0.3 is 15.2 Å². The second-order valence-electron chi connectivity index (χ2n) is 5.75. The minimum absolute atomic E-state index is 0.0236. The molecule has 1 aromatic carbocycles. The Hall–Kier alpha value is -1.85. The molecule has 0 aliphatic carbocycles. The van der Waals surface area contributed by atoms with E-state index >= 15 is 0 Å². The maximum atomic E-state index is 9.71. The lowest BCUT2D eigenvalue weighted by molar-refractivity contribution is 0.235. The molecular weight excluding hydrogens is 278 g/mol. The zero-order valence-corrected chi connectivity index (χ0v) is 13.7. The predicted molar refractivity (Wildman–Crippen MR) is 87.0 cm³/mol. The molecule has 1 aromatic heterocycles. The Labute approximate surface area is 131 Å². The van der Waals surface area contributed by atoms with E-state index in [0.717, 1.165) is 16.9 Å². The van der Waals surface area contributed by atoms with Gasteiger partial charge in [-0.05, 0) is 38.5 Å². The number of rotatable bonds is 7. The summed E-state index contributed by atoms with van der Waals surface area (Å²) in [6, 6.07) is 8.05. The van der Waals surface area contributed by atoms with Gasteiger partial charge in [0.25, 0.3) is 0 Å². The van der Waals surface area contributed by atoms with Gasteiger partial charge >= 0.3 is 0 Å². The van der Waals surface area contributed by atoms with Gasteiger partial charge in [-0.25, -0.2) is 0 Å². The molecule has 0 fully saturated rings. The summed E-state index contributed by atoms with van der Waals surface area (Å²) in [5.74, 6) is 0.790. The molecule has 5 heteroatoms. The number of methoxy groups -OCH3 is 1. The van der Waals surface area contributed by atoms with Crippen LogP contribution in [-0.4, -0.2) is 28.6 Å². The fourth-order valence-corrected chi connectivity index (χ4v) is 2.37. The molecule has 0 amide bonds. The van der Waals surface area contributed by atoms with Gasteiger partial charge in [-0.15, -0.1) is 0 Å². The van der Waals surface area contributed by atoms with Crippen LogP contribution < -0.4 is 10.1 Å². The van der Waals surface area contributed by atoms with Crippen LogP contribution in [0.1, 0.15) is 50.0 Å². The van der Waals surface area contributed by atoms with Crippen LogP contribution in [0, 0.1) is 0 Å². The largest absolute Gasteiger partial charge is 0.497 e. The van der Waals surface area contributed by atoms with Crippen molar-refractivity contribution in [2.45, 2.75) is 38.9 Å². The van der Waals surface area contributed by atoms with Crippen molar-refractivity contribution < 1.29 is 9.84 Å². The highest BCUT2D eigenvalue weighted by molar-refractivity contribution is 5.31. The lowest BCUT2D eigenvalue weighted by Gasteiger charge is -2.22. The summed E-state index contributed by atoms with van der Waals surface area (Å²) in [7, 11) is 1.64. The van der Waals surface area contributed by atoms with Crippen molar-refractivity contribution in [3.05, 3.63) is 47.8 Å². The number of hydrogen-bond acceptors (Lipinski definition) is 4. The first-order valence-corrected chi connectivity index (χ1v) is 7.60. The second kappa shape index (κ2) is 7.42. The Morgan fingerprint density at radius 2 is 2.05 bits per heavy atom. The summed E-state index contributed by atoms with van der Waals surface area (Å²) < 4.78 is 7.18. The number of aliphatic hydroxyl groups is 1. The number of aliphatic hydroxyl groups excluding tert-OH is 1. The van der Waals surface area contributed by atoms with E-state index in [1.807, 2.05) is 41.3 Å². The average Bonchev–Trinajstić information content (AvgIpc) is 3.02. The molecule has 1 heterocycles. The molecule has 0 saturated carbocycles. The van der Waals surface area contributed by atoms with Gasteiger partial charge in [-0.1, -0.05) is 12.1 Å². The highest BCUT2D eigenvalue weighted by Crippen LogP contribution is 2.23. The maximum absolute atomic E-state index is 9.71. The molecule has 5 nitrogen and oxygen atoms in total. The first kappa shape index (κ1) is 16.5. The molecule has 0 radical (unpaired) electrons. The summed E-state index contributed by atoms with van der Waals surface area (Å²) >= 11 is 0. The van der Waals surface area contributed by atoms with E-state index in [2.05, 4.69) is 31.2 Å².